The van der Waals surface area contributed by atoms with Gasteiger partial charge in [0.2, 0.25) is 0 Å². The average Bonchev–Trinajstić information content (AvgIpc) is 3.34. The molecule has 1 aromatic carbocycles. The summed E-state index contributed by atoms with van der Waals surface area (Å²) in [7, 11) is 1.57. The Bertz CT molecular complexity index is 1290. The van der Waals surface area contributed by atoms with E-state index in [0.717, 1.165) is 62.2 Å². The normalized spacial score (nSPS) is 19.6. The number of anilines is 1. The Morgan fingerprint density at radius 1 is 1.18 bits per heavy atom. The topological polar surface area (TPSA) is 81.3 Å². The predicted molar refractivity (Wildman–Crippen MR) is 131 cm³/mol. The summed E-state index contributed by atoms with van der Waals surface area (Å²) in [5.74, 6) is -0.393. The number of carbonyl (C=O) groups excluding carboxylic acids is 1. The Morgan fingerprint density at radius 3 is 2.71 bits per heavy atom. The number of rotatable bonds is 4. The van der Waals surface area contributed by atoms with Gasteiger partial charge in [-0.3, -0.25) is 14.5 Å². The summed E-state index contributed by atoms with van der Waals surface area (Å²) in [6, 6.07) is 8.44. The van der Waals surface area contributed by atoms with Crippen molar-refractivity contribution in [2.24, 2.45) is 0 Å². The fraction of sp³-hybridized carbons (Fsp3) is 0.400. The van der Waals surface area contributed by atoms with E-state index in [0.29, 0.717) is 22.1 Å². The highest BCUT2D eigenvalue weighted by Crippen LogP contribution is 2.33. The van der Waals surface area contributed by atoms with E-state index >= 15 is 0 Å². The molecule has 2 N–H and O–H groups in total. The van der Waals surface area contributed by atoms with E-state index in [-0.39, 0.29) is 17.4 Å². The summed E-state index contributed by atoms with van der Waals surface area (Å²) in [6.07, 6.45) is 4.68. The molecule has 0 bridgehead atoms. The van der Waals surface area contributed by atoms with Gasteiger partial charge in [0.05, 0.1) is 16.9 Å². The largest absolute Gasteiger partial charge is 0.369 e. The minimum Gasteiger partial charge on any atom is -0.369 e. The highest BCUT2D eigenvalue weighted by Gasteiger charge is 2.32. The second kappa shape index (κ2) is 9.35. The lowest BCUT2D eigenvalue weighted by Gasteiger charge is -2.38. The fourth-order valence-electron chi connectivity index (χ4n) is 5.23. The van der Waals surface area contributed by atoms with Crippen molar-refractivity contribution in [3.05, 3.63) is 69.1 Å². The van der Waals surface area contributed by atoms with Crippen LogP contribution in [0.15, 0.2) is 41.3 Å². The van der Waals surface area contributed by atoms with Crippen LogP contribution >= 0.6 is 11.6 Å². The van der Waals surface area contributed by atoms with E-state index in [1.165, 1.54) is 12.1 Å². The van der Waals surface area contributed by atoms with Gasteiger partial charge in [-0.1, -0.05) is 17.7 Å². The molecule has 1 atom stereocenters. The van der Waals surface area contributed by atoms with Gasteiger partial charge in [-0.2, -0.15) is 0 Å². The molecular formula is C25H27ClFN5O2. The lowest BCUT2D eigenvalue weighted by Crippen LogP contribution is -2.44. The number of pyridine rings is 2. The number of piperidine rings is 1. The van der Waals surface area contributed by atoms with E-state index in [1.54, 1.807) is 25.4 Å². The van der Waals surface area contributed by atoms with Gasteiger partial charge >= 0.3 is 0 Å². The van der Waals surface area contributed by atoms with Gasteiger partial charge in [0.15, 0.2) is 0 Å². The molecule has 2 aliphatic rings. The van der Waals surface area contributed by atoms with E-state index in [1.807, 2.05) is 6.07 Å². The first-order valence-corrected chi connectivity index (χ1v) is 12.0. The number of amides is 1. The molecule has 9 heteroatoms. The van der Waals surface area contributed by atoms with Crippen LogP contribution in [0.4, 0.5) is 10.1 Å². The van der Waals surface area contributed by atoms with Crippen LogP contribution in [0.5, 0.6) is 0 Å². The van der Waals surface area contributed by atoms with Crippen LogP contribution in [0.25, 0.3) is 10.8 Å². The lowest BCUT2D eigenvalue weighted by atomic mass is 10.0. The number of aromatic amines is 1. The second-order valence-electron chi connectivity index (χ2n) is 9.08. The number of nitrogens with one attached hydrogen (secondary N) is 2. The molecule has 2 saturated heterocycles. The molecule has 0 spiro atoms. The van der Waals surface area contributed by atoms with E-state index in [9.17, 15) is 14.0 Å². The molecule has 1 amide bonds. The van der Waals surface area contributed by atoms with Crippen LogP contribution in [-0.2, 0) is 0 Å². The number of carbonyl (C=O) groups is 1. The molecule has 1 unspecified atom stereocenters. The number of nitrogens with zero attached hydrogens (tertiary/aromatic N) is 3. The van der Waals surface area contributed by atoms with Crippen molar-refractivity contribution in [2.45, 2.75) is 31.2 Å². The van der Waals surface area contributed by atoms with Gasteiger partial charge in [0.1, 0.15) is 11.5 Å². The standard InChI is InChI=1S/C25H27ClFN5O2/c1-28-25(34)22-12-20(26)23(13-29-22)31-8-5-18(6-9-31)32-7-4-16(14-32)21-10-15-2-3-17(27)11-19(15)24(33)30-21/h2-3,10-13,16,18H,4-9,14H2,1H3,(H,28,34)(H,30,33). The van der Waals surface area contributed by atoms with Crippen molar-refractivity contribution in [3.63, 3.8) is 0 Å². The molecule has 0 radical (unpaired) electrons. The third-order valence-corrected chi connectivity index (χ3v) is 7.41. The fourth-order valence-corrected chi connectivity index (χ4v) is 5.50. The van der Waals surface area contributed by atoms with Crippen molar-refractivity contribution < 1.29 is 9.18 Å². The average molecular weight is 484 g/mol. The Hall–Kier alpha value is -2.97. The first-order valence-electron chi connectivity index (χ1n) is 11.6. The Kier molecular flexibility index (Phi) is 6.27. The number of aromatic nitrogens is 2. The van der Waals surface area contributed by atoms with Crippen LogP contribution < -0.4 is 15.8 Å². The maximum absolute atomic E-state index is 13.5. The maximum Gasteiger partial charge on any atom is 0.269 e. The number of H-pyrrole nitrogens is 1. The maximum atomic E-state index is 13.5. The summed E-state index contributed by atoms with van der Waals surface area (Å²) < 4.78 is 13.5. The van der Waals surface area contributed by atoms with Crippen LogP contribution in [0.1, 0.15) is 41.4 Å². The monoisotopic (exact) mass is 483 g/mol. The zero-order chi connectivity index (χ0) is 23.8. The van der Waals surface area contributed by atoms with Gasteiger partial charge < -0.3 is 15.2 Å². The molecular weight excluding hydrogens is 457 g/mol. The molecule has 2 aromatic heterocycles. The van der Waals surface area contributed by atoms with Gasteiger partial charge in [0, 0.05) is 49.7 Å². The van der Waals surface area contributed by atoms with Crippen molar-refractivity contribution in [3.8, 4) is 0 Å². The Morgan fingerprint density at radius 2 is 1.97 bits per heavy atom. The van der Waals surface area contributed by atoms with Gasteiger partial charge in [0.25, 0.3) is 11.5 Å². The minimum absolute atomic E-state index is 0.230. The summed E-state index contributed by atoms with van der Waals surface area (Å²) in [5, 5.41) is 4.26. The van der Waals surface area contributed by atoms with Crippen molar-refractivity contribution in [1.29, 1.82) is 0 Å². The number of halogens is 2. The third-order valence-electron chi connectivity index (χ3n) is 7.10. The predicted octanol–water partition coefficient (Wildman–Crippen LogP) is 3.53. The molecule has 7 nitrogen and oxygen atoms in total. The van der Waals surface area contributed by atoms with Crippen LogP contribution in [0.2, 0.25) is 5.02 Å². The molecule has 178 valence electrons. The molecule has 34 heavy (non-hydrogen) atoms. The molecule has 2 fully saturated rings. The molecule has 3 aromatic rings. The van der Waals surface area contributed by atoms with E-state index in [2.05, 4.69) is 25.1 Å². The van der Waals surface area contributed by atoms with Crippen molar-refractivity contribution >= 4 is 34.0 Å². The quantitative estimate of drug-likeness (QED) is 0.593. The zero-order valence-electron chi connectivity index (χ0n) is 19.0. The first-order chi connectivity index (χ1) is 16.4. The molecule has 2 aliphatic heterocycles. The Labute approximate surface area is 201 Å². The molecule has 0 saturated carbocycles. The minimum atomic E-state index is -0.399. The summed E-state index contributed by atoms with van der Waals surface area (Å²) in [4.78, 5) is 36.3. The van der Waals surface area contributed by atoms with Crippen LogP contribution in [0.3, 0.4) is 0 Å². The van der Waals surface area contributed by atoms with E-state index < -0.39 is 5.82 Å². The smallest absolute Gasteiger partial charge is 0.269 e. The third kappa shape index (κ3) is 4.40. The number of likely N-dealkylation sites (tertiary alicyclic amines) is 1. The summed E-state index contributed by atoms with van der Waals surface area (Å²) in [6.45, 7) is 3.62. The molecule has 5 rings (SSSR count). The summed E-state index contributed by atoms with van der Waals surface area (Å²) in [5.41, 5.74) is 1.87. The highest BCUT2D eigenvalue weighted by atomic mass is 35.5. The second-order valence-corrected chi connectivity index (χ2v) is 9.49. The van der Waals surface area contributed by atoms with Crippen LogP contribution in [0, 0.1) is 5.82 Å². The molecule has 0 aliphatic carbocycles. The van der Waals surface area contributed by atoms with Crippen molar-refractivity contribution in [2.75, 3.05) is 38.1 Å². The number of hydrogen-bond donors (Lipinski definition) is 2. The SMILES string of the molecule is CNC(=O)c1cc(Cl)c(N2CCC(N3CCC(c4cc5ccc(F)cc5c(=O)[nH]4)C3)CC2)cn1. The number of benzene rings is 1. The number of fused-ring (bicyclic) bond motifs is 1. The van der Waals surface area contributed by atoms with E-state index in [4.69, 9.17) is 11.6 Å². The summed E-state index contributed by atoms with van der Waals surface area (Å²) >= 11 is 6.46. The Balaban J connectivity index is 1.22. The van der Waals surface area contributed by atoms with Gasteiger partial charge in [-0.05, 0) is 55.5 Å². The van der Waals surface area contributed by atoms with Crippen LogP contribution in [-0.4, -0.2) is 60.0 Å². The number of hydrogen-bond acceptors (Lipinski definition) is 5. The first kappa shape index (κ1) is 22.8. The van der Waals surface area contributed by atoms with Gasteiger partial charge in [-0.15, -0.1) is 0 Å². The van der Waals surface area contributed by atoms with Crippen molar-refractivity contribution in [1.82, 2.24) is 20.2 Å². The van der Waals surface area contributed by atoms with Gasteiger partial charge in [-0.25, -0.2) is 9.37 Å². The zero-order valence-corrected chi connectivity index (χ0v) is 19.7. The molecule has 4 heterocycles. The highest BCUT2D eigenvalue weighted by molar-refractivity contribution is 6.33. The lowest BCUT2D eigenvalue weighted by molar-refractivity contribution is 0.0958.